The minimum absolute atomic E-state index is 0.0303. The SMILES string of the molecule is CC(NC(=O)CCc1c[nH]c2ccccc12)c1ccc(-n2ccnc2)cc1. The molecule has 0 radical (unpaired) electrons. The number of rotatable bonds is 6. The number of hydrogen-bond donors (Lipinski definition) is 2. The molecule has 2 N–H and O–H groups in total. The largest absolute Gasteiger partial charge is 0.361 e. The topological polar surface area (TPSA) is 62.7 Å². The maximum absolute atomic E-state index is 12.4. The molecule has 0 bridgehead atoms. The maximum Gasteiger partial charge on any atom is 0.220 e. The third kappa shape index (κ3) is 3.77. The van der Waals surface area contributed by atoms with Gasteiger partial charge in [-0.3, -0.25) is 4.79 Å². The summed E-state index contributed by atoms with van der Waals surface area (Å²) in [4.78, 5) is 19.7. The van der Waals surface area contributed by atoms with Crippen LogP contribution in [0.25, 0.3) is 16.6 Å². The summed E-state index contributed by atoms with van der Waals surface area (Å²) in [6.07, 6.45) is 8.62. The number of carbonyl (C=O) groups excluding carboxylic acids is 1. The summed E-state index contributed by atoms with van der Waals surface area (Å²) in [5.41, 5.74) is 4.42. The lowest BCUT2D eigenvalue weighted by molar-refractivity contribution is -0.121. The number of aromatic nitrogens is 3. The number of H-pyrrole nitrogens is 1. The molecule has 0 aliphatic heterocycles. The number of aromatic amines is 1. The molecular weight excluding hydrogens is 336 g/mol. The van der Waals surface area contributed by atoms with Crippen LogP contribution in [0.15, 0.2) is 73.4 Å². The van der Waals surface area contributed by atoms with E-state index in [0.717, 1.165) is 23.2 Å². The minimum Gasteiger partial charge on any atom is -0.361 e. The van der Waals surface area contributed by atoms with Crippen molar-refractivity contribution in [2.24, 2.45) is 0 Å². The number of benzene rings is 2. The van der Waals surface area contributed by atoms with Crippen LogP contribution in [-0.2, 0) is 11.2 Å². The predicted octanol–water partition coefficient (Wildman–Crippen LogP) is 4.16. The van der Waals surface area contributed by atoms with E-state index in [9.17, 15) is 4.79 Å². The molecule has 2 aromatic carbocycles. The molecular formula is C22H22N4O. The van der Waals surface area contributed by atoms with Crippen LogP contribution >= 0.6 is 0 Å². The maximum atomic E-state index is 12.4. The molecule has 1 atom stereocenters. The fourth-order valence-electron chi connectivity index (χ4n) is 3.33. The monoisotopic (exact) mass is 358 g/mol. The lowest BCUT2D eigenvalue weighted by Crippen LogP contribution is -2.26. The van der Waals surface area contributed by atoms with E-state index in [1.54, 1.807) is 12.5 Å². The summed E-state index contributed by atoms with van der Waals surface area (Å²) in [5, 5.41) is 4.28. The lowest BCUT2D eigenvalue weighted by atomic mass is 10.1. The first kappa shape index (κ1) is 17.1. The van der Waals surface area contributed by atoms with Crippen molar-refractivity contribution in [2.75, 3.05) is 0 Å². The second-order valence-electron chi connectivity index (χ2n) is 6.71. The minimum atomic E-state index is -0.0303. The molecule has 136 valence electrons. The second kappa shape index (κ2) is 7.50. The molecule has 0 aliphatic carbocycles. The zero-order valence-corrected chi connectivity index (χ0v) is 15.2. The average molecular weight is 358 g/mol. The van der Waals surface area contributed by atoms with Crippen molar-refractivity contribution >= 4 is 16.8 Å². The molecule has 0 saturated heterocycles. The van der Waals surface area contributed by atoms with Gasteiger partial charge in [0.15, 0.2) is 0 Å². The summed E-state index contributed by atoms with van der Waals surface area (Å²) in [7, 11) is 0. The molecule has 0 saturated carbocycles. The molecule has 2 heterocycles. The van der Waals surface area contributed by atoms with Gasteiger partial charge in [-0.05, 0) is 42.7 Å². The van der Waals surface area contributed by atoms with Crippen LogP contribution in [0.1, 0.15) is 30.5 Å². The first-order valence-electron chi connectivity index (χ1n) is 9.13. The van der Waals surface area contributed by atoms with Gasteiger partial charge in [0.05, 0.1) is 12.4 Å². The van der Waals surface area contributed by atoms with Crippen molar-refractivity contribution in [2.45, 2.75) is 25.8 Å². The molecule has 4 rings (SSSR count). The number of imidazole rings is 1. The summed E-state index contributed by atoms with van der Waals surface area (Å²) >= 11 is 0. The summed E-state index contributed by atoms with van der Waals surface area (Å²) in [6.45, 7) is 2.01. The van der Waals surface area contributed by atoms with Crippen molar-refractivity contribution in [1.82, 2.24) is 19.9 Å². The highest BCUT2D eigenvalue weighted by Gasteiger charge is 2.11. The summed E-state index contributed by atoms with van der Waals surface area (Å²) in [5.74, 6) is 0.0615. The fraction of sp³-hybridized carbons (Fsp3) is 0.182. The van der Waals surface area contributed by atoms with E-state index in [4.69, 9.17) is 0 Å². The Labute approximate surface area is 158 Å². The molecule has 0 fully saturated rings. The van der Waals surface area contributed by atoms with Gasteiger partial charge in [0.1, 0.15) is 0 Å². The van der Waals surface area contributed by atoms with E-state index >= 15 is 0 Å². The van der Waals surface area contributed by atoms with Crippen LogP contribution in [0.4, 0.5) is 0 Å². The third-order valence-electron chi connectivity index (χ3n) is 4.87. The number of amides is 1. The van der Waals surface area contributed by atoms with E-state index in [2.05, 4.69) is 27.4 Å². The van der Waals surface area contributed by atoms with Gasteiger partial charge in [-0.2, -0.15) is 0 Å². The molecule has 0 spiro atoms. The van der Waals surface area contributed by atoms with Gasteiger partial charge < -0.3 is 14.9 Å². The van der Waals surface area contributed by atoms with Gasteiger partial charge >= 0.3 is 0 Å². The third-order valence-corrected chi connectivity index (χ3v) is 4.87. The Morgan fingerprint density at radius 2 is 2.00 bits per heavy atom. The van der Waals surface area contributed by atoms with Crippen molar-refractivity contribution in [1.29, 1.82) is 0 Å². The average Bonchev–Trinajstić information content (AvgIpc) is 3.37. The van der Waals surface area contributed by atoms with Gasteiger partial charge in [-0.25, -0.2) is 4.98 Å². The Kier molecular flexibility index (Phi) is 4.75. The Morgan fingerprint density at radius 3 is 2.78 bits per heavy atom. The van der Waals surface area contributed by atoms with E-state index in [-0.39, 0.29) is 11.9 Å². The Bertz CT molecular complexity index is 1030. The quantitative estimate of drug-likeness (QED) is 0.543. The lowest BCUT2D eigenvalue weighted by Gasteiger charge is -2.15. The van der Waals surface area contributed by atoms with Crippen molar-refractivity contribution in [3.8, 4) is 5.69 Å². The number of nitrogens with zero attached hydrogens (tertiary/aromatic N) is 2. The van der Waals surface area contributed by atoms with Crippen molar-refractivity contribution in [3.63, 3.8) is 0 Å². The highest BCUT2D eigenvalue weighted by molar-refractivity contribution is 5.84. The van der Waals surface area contributed by atoms with Gasteiger partial charge in [0, 0.05) is 41.6 Å². The van der Waals surface area contributed by atoms with Gasteiger partial charge in [-0.1, -0.05) is 30.3 Å². The molecule has 5 nitrogen and oxygen atoms in total. The zero-order valence-electron chi connectivity index (χ0n) is 15.2. The van der Waals surface area contributed by atoms with Crippen LogP contribution < -0.4 is 5.32 Å². The van der Waals surface area contributed by atoms with Gasteiger partial charge in [0.25, 0.3) is 0 Å². The number of para-hydroxylation sites is 1. The molecule has 5 heteroatoms. The van der Waals surface area contributed by atoms with E-state index in [1.165, 1.54) is 10.9 Å². The fourth-order valence-corrected chi connectivity index (χ4v) is 3.33. The van der Waals surface area contributed by atoms with Crippen LogP contribution in [0.5, 0.6) is 0 Å². The molecule has 2 aromatic heterocycles. The van der Waals surface area contributed by atoms with E-state index < -0.39 is 0 Å². The van der Waals surface area contributed by atoms with Gasteiger partial charge in [-0.15, -0.1) is 0 Å². The zero-order chi connectivity index (χ0) is 18.6. The number of nitrogens with one attached hydrogen (secondary N) is 2. The molecule has 1 amide bonds. The second-order valence-corrected chi connectivity index (χ2v) is 6.71. The molecule has 1 unspecified atom stereocenters. The van der Waals surface area contributed by atoms with Crippen LogP contribution in [0, 0.1) is 0 Å². The van der Waals surface area contributed by atoms with Crippen LogP contribution in [-0.4, -0.2) is 20.4 Å². The number of hydrogen-bond acceptors (Lipinski definition) is 2. The smallest absolute Gasteiger partial charge is 0.220 e. The first-order valence-corrected chi connectivity index (χ1v) is 9.13. The molecule has 4 aromatic rings. The molecule has 0 aliphatic rings. The van der Waals surface area contributed by atoms with Crippen molar-refractivity contribution < 1.29 is 4.79 Å². The van der Waals surface area contributed by atoms with Crippen LogP contribution in [0.3, 0.4) is 0 Å². The normalized spacial score (nSPS) is 12.2. The number of carbonyl (C=O) groups is 1. The molecule has 27 heavy (non-hydrogen) atoms. The Hall–Kier alpha value is -3.34. The Balaban J connectivity index is 1.35. The first-order chi connectivity index (χ1) is 13.2. The van der Waals surface area contributed by atoms with Crippen molar-refractivity contribution in [3.05, 3.63) is 84.6 Å². The number of aryl methyl sites for hydroxylation is 1. The van der Waals surface area contributed by atoms with E-state index in [1.807, 2.05) is 60.3 Å². The number of fused-ring (bicyclic) bond motifs is 1. The van der Waals surface area contributed by atoms with Gasteiger partial charge in [0.2, 0.25) is 5.91 Å². The standard InChI is InChI=1S/C22H22N4O/c1-16(17-6-9-19(10-7-17)26-13-12-23-15-26)25-22(27)11-8-18-14-24-21-5-3-2-4-20(18)21/h2-7,9-10,12-16,24H,8,11H2,1H3,(H,25,27). The summed E-state index contributed by atoms with van der Waals surface area (Å²) in [6, 6.07) is 16.3. The summed E-state index contributed by atoms with van der Waals surface area (Å²) < 4.78 is 1.95. The highest BCUT2D eigenvalue weighted by Crippen LogP contribution is 2.20. The van der Waals surface area contributed by atoms with E-state index in [0.29, 0.717) is 6.42 Å². The Morgan fingerprint density at radius 1 is 1.19 bits per heavy atom. The predicted molar refractivity (Wildman–Crippen MR) is 107 cm³/mol. The van der Waals surface area contributed by atoms with Crippen LogP contribution in [0.2, 0.25) is 0 Å². The highest BCUT2D eigenvalue weighted by atomic mass is 16.1.